The first-order valence-corrected chi connectivity index (χ1v) is 4.14. The molecule has 58 valence electrons. The molecule has 0 aromatic rings. The Morgan fingerprint density at radius 1 is 0.900 bits per heavy atom. The minimum Gasteiger partial charge on any atom is -0.330 e. The second-order valence-corrected chi connectivity index (χ2v) is 4.26. The van der Waals surface area contributed by atoms with Crippen molar-refractivity contribution in [3.8, 4) is 0 Å². The van der Waals surface area contributed by atoms with Crippen LogP contribution in [0.2, 0.25) is 0 Å². The molecule has 3 aliphatic rings. The molecule has 0 aromatic heterocycles. The van der Waals surface area contributed by atoms with Gasteiger partial charge in [0, 0.05) is 0 Å². The highest BCUT2D eigenvalue weighted by Crippen LogP contribution is 2.65. The van der Waals surface area contributed by atoms with Gasteiger partial charge in [-0.15, -0.1) is 0 Å². The fraction of sp³-hybridized carbons (Fsp3) is 1.00. The average molecular weight is 140 g/mol. The van der Waals surface area contributed by atoms with Crippen LogP contribution < -0.4 is 11.5 Å². The SMILES string of the molecule is NCC12CCC(CN)(C1)C2. The van der Waals surface area contributed by atoms with Crippen LogP contribution in [0.25, 0.3) is 0 Å². The molecule has 0 aliphatic heterocycles. The van der Waals surface area contributed by atoms with Crippen molar-refractivity contribution in [2.45, 2.75) is 25.7 Å². The van der Waals surface area contributed by atoms with Crippen molar-refractivity contribution >= 4 is 0 Å². The molecule has 2 nitrogen and oxygen atoms in total. The maximum Gasteiger partial charge on any atom is -0.00201 e. The zero-order chi connectivity index (χ0) is 7.24. The lowest BCUT2D eigenvalue weighted by Crippen LogP contribution is -2.46. The predicted octanol–water partition coefficient (Wildman–Crippen LogP) is 0.464. The first-order chi connectivity index (χ1) is 4.74. The molecule has 3 aliphatic carbocycles. The highest BCUT2D eigenvalue weighted by Gasteiger charge is 2.58. The Labute approximate surface area is 62.0 Å². The molecule has 3 fully saturated rings. The van der Waals surface area contributed by atoms with Crippen molar-refractivity contribution < 1.29 is 0 Å². The fourth-order valence-corrected chi connectivity index (χ4v) is 2.92. The van der Waals surface area contributed by atoms with Gasteiger partial charge in [0.1, 0.15) is 0 Å². The maximum absolute atomic E-state index is 5.68. The van der Waals surface area contributed by atoms with Crippen molar-refractivity contribution in [1.82, 2.24) is 0 Å². The molecule has 0 unspecified atom stereocenters. The minimum atomic E-state index is 0.541. The molecule has 0 aromatic carbocycles. The summed E-state index contributed by atoms with van der Waals surface area (Å²) in [6.07, 6.45) is 5.29. The number of hydrogen-bond acceptors (Lipinski definition) is 2. The third kappa shape index (κ3) is 0.611. The summed E-state index contributed by atoms with van der Waals surface area (Å²) in [5.41, 5.74) is 12.4. The average Bonchev–Trinajstić information content (AvgIpc) is 2.40. The van der Waals surface area contributed by atoms with E-state index in [-0.39, 0.29) is 0 Å². The van der Waals surface area contributed by atoms with Gasteiger partial charge in [0.25, 0.3) is 0 Å². The third-order valence-corrected chi connectivity index (χ3v) is 3.55. The van der Waals surface area contributed by atoms with Crippen molar-refractivity contribution in [3.05, 3.63) is 0 Å². The summed E-state index contributed by atoms with van der Waals surface area (Å²) >= 11 is 0. The third-order valence-electron chi connectivity index (χ3n) is 3.55. The van der Waals surface area contributed by atoms with Crippen molar-refractivity contribution in [2.24, 2.45) is 22.3 Å². The largest absolute Gasteiger partial charge is 0.330 e. The smallest absolute Gasteiger partial charge is 0.00201 e. The first-order valence-electron chi connectivity index (χ1n) is 4.14. The van der Waals surface area contributed by atoms with Gasteiger partial charge in [-0.1, -0.05) is 0 Å². The number of hydrogen-bond donors (Lipinski definition) is 2. The van der Waals surface area contributed by atoms with Crippen LogP contribution in [-0.2, 0) is 0 Å². The molecule has 0 radical (unpaired) electrons. The Balaban J connectivity index is 2.06. The van der Waals surface area contributed by atoms with Gasteiger partial charge in [-0.2, -0.15) is 0 Å². The summed E-state index contributed by atoms with van der Waals surface area (Å²) in [6, 6.07) is 0. The summed E-state index contributed by atoms with van der Waals surface area (Å²) in [5.74, 6) is 0. The zero-order valence-electron chi connectivity index (χ0n) is 6.40. The molecule has 0 amide bonds. The maximum atomic E-state index is 5.68. The van der Waals surface area contributed by atoms with Gasteiger partial charge in [0.05, 0.1) is 0 Å². The van der Waals surface area contributed by atoms with Crippen LogP contribution in [0.5, 0.6) is 0 Å². The van der Waals surface area contributed by atoms with E-state index in [0.717, 1.165) is 13.1 Å². The van der Waals surface area contributed by atoms with Gasteiger partial charge in [0.2, 0.25) is 0 Å². The molecular weight excluding hydrogens is 124 g/mol. The normalized spacial score (nSPS) is 51.0. The molecule has 2 heteroatoms. The van der Waals surface area contributed by atoms with Crippen molar-refractivity contribution in [2.75, 3.05) is 13.1 Å². The van der Waals surface area contributed by atoms with Gasteiger partial charge >= 0.3 is 0 Å². The van der Waals surface area contributed by atoms with Crippen LogP contribution >= 0.6 is 0 Å². The van der Waals surface area contributed by atoms with E-state index in [4.69, 9.17) is 11.5 Å². The number of nitrogens with two attached hydrogens (primary N) is 2. The molecule has 0 spiro atoms. The highest BCUT2D eigenvalue weighted by molar-refractivity contribution is 5.11. The molecule has 0 heterocycles. The zero-order valence-corrected chi connectivity index (χ0v) is 6.40. The molecule has 10 heavy (non-hydrogen) atoms. The van der Waals surface area contributed by atoms with E-state index in [0.29, 0.717) is 10.8 Å². The van der Waals surface area contributed by atoms with Gasteiger partial charge in [-0.25, -0.2) is 0 Å². The van der Waals surface area contributed by atoms with E-state index < -0.39 is 0 Å². The molecule has 3 saturated carbocycles. The molecule has 0 saturated heterocycles. The quantitative estimate of drug-likeness (QED) is 0.585. The van der Waals surface area contributed by atoms with Gasteiger partial charge in [-0.3, -0.25) is 0 Å². The highest BCUT2D eigenvalue weighted by atomic mass is 14.8. The second-order valence-electron chi connectivity index (χ2n) is 4.26. The van der Waals surface area contributed by atoms with Gasteiger partial charge in [0.15, 0.2) is 0 Å². The molecule has 4 N–H and O–H groups in total. The van der Waals surface area contributed by atoms with E-state index in [9.17, 15) is 0 Å². The van der Waals surface area contributed by atoms with E-state index in [1.807, 2.05) is 0 Å². The van der Waals surface area contributed by atoms with E-state index in [1.54, 1.807) is 0 Å². The molecular formula is C8H16N2. The molecule has 0 atom stereocenters. The van der Waals surface area contributed by atoms with Crippen molar-refractivity contribution in [3.63, 3.8) is 0 Å². The van der Waals surface area contributed by atoms with Crippen LogP contribution in [0.1, 0.15) is 25.7 Å². The summed E-state index contributed by atoms with van der Waals surface area (Å²) in [4.78, 5) is 0. The number of fused-ring (bicyclic) bond motifs is 1. The van der Waals surface area contributed by atoms with E-state index in [2.05, 4.69) is 0 Å². The van der Waals surface area contributed by atoms with Crippen LogP contribution in [0.15, 0.2) is 0 Å². The van der Waals surface area contributed by atoms with Crippen molar-refractivity contribution in [1.29, 1.82) is 0 Å². The van der Waals surface area contributed by atoms with E-state index in [1.165, 1.54) is 25.7 Å². The Bertz CT molecular complexity index is 131. The van der Waals surface area contributed by atoms with Crippen LogP contribution in [0.4, 0.5) is 0 Å². The van der Waals surface area contributed by atoms with Crippen LogP contribution in [-0.4, -0.2) is 13.1 Å². The standard InChI is InChI=1S/C8H16N2/c9-5-7-1-2-8(3-7,4-7)6-10/h1-6,9-10H2. The minimum absolute atomic E-state index is 0.541. The van der Waals surface area contributed by atoms with Gasteiger partial charge in [-0.05, 0) is 49.6 Å². The summed E-state index contributed by atoms with van der Waals surface area (Å²) < 4.78 is 0. The lowest BCUT2D eigenvalue weighted by atomic mass is 9.60. The first kappa shape index (κ1) is 6.62. The Kier molecular flexibility index (Phi) is 1.15. The Morgan fingerprint density at radius 3 is 1.50 bits per heavy atom. The monoisotopic (exact) mass is 140 g/mol. The van der Waals surface area contributed by atoms with Crippen LogP contribution in [0, 0.1) is 10.8 Å². The molecule has 2 bridgehead atoms. The molecule has 3 rings (SSSR count). The lowest BCUT2D eigenvalue weighted by molar-refractivity contribution is 0.0608. The topological polar surface area (TPSA) is 52.0 Å². The summed E-state index contributed by atoms with van der Waals surface area (Å²) in [5, 5.41) is 0. The summed E-state index contributed by atoms with van der Waals surface area (Å²) in [7, 11) is 0. The lowest BCUT2D eigenvalue weighted by Gasteiger charge is -2.46. The Hall–Kier alpha value is -0.0800. The number of rotatable bonds is 2. The second kappa shape index (κ2) is 1.74. The summed E-state index contributed by atoms with van der Waals surface area (Å²) in [6.45, 7) is 1.77. The fourth-order valence-electron chi connectivity index (χ4n) is 2.92. The predicted molar refractivity (Wildman–Crippen MR) is 41.4 cm³/mol. The van der Waals surface area contributed by atoms with Gasteiger partial charge < -0.3 is 11.5 Å². The Morgan fingerprint density at radius 2 is 1.30 bits per heavy atom. The van der Waals surface area contributed by atoms with E-state index >= 15 is 0 Å². The van der Waals surface area contributed by atoms with Crippen LogP contribution in [0.3, 0.4) is 0 Å².